The standard InChI is InChI=1S/C22H26N10O10P2S2/c1-8-9-2-38-43(34,35)42-14-13-19(31-6-27-10-15(23)25-5-26-16(10)31)40-22(14,3-37-13)4-39-44(36,45)41-12(8)20(46-9)32-7-28-11-17(32)29-21(24)30-18(11)33/h5-9,12-14,19-20H,2-4H2,1H3,(H,34,35)(H,36,45)(H2,23,25,26)(H3,24,29,30,33)/t8-,9-,12-,13-,14+,19-,20-,22-,44?/m1/s1. The molecule has 0 spiro atoms. The van der Waals surface area contributed by atoms with E-state index in [4.69, 9.17) is 50.8 Å². The highest BCUT2D eigenvalue weighted by Gasteiger charge is 2.66. The number of imidazole rings is 2. The Morgan fingerprint density at radius 3 is 2.67 bits per heavy atom. The summed E-state index contributed by atoms with van der Waals surface area (Å²) >= 11 is 6.76. The highest BCUT2D eigenvalue weighted by molar-refractivity contribution is 8.07. The van der Waals surface area contributed by atoms with E-state index in [-0.39, 0.29) is 36.1 Å². The predicted molar refractivity (Wildman–Crippen MR) is 162 cm³/mol. The van der Waals surface area contributed by atoms with Crippen molar-refractivity contribution in [3.63, 3.8) is 0 Å². The second-order valence-corrected chi connectivity index (χ2v) is 16.8. The third kappa shape index (κ3) is 4.91. The number of aromatic amines is 1. The monoisotopic (exact) mass is 716 g/mol. The fraction of sp³-hybridized carbons (Fsp3) is 0.545. The third-order valence-corrected chi connectivity index (χ3v) is 12.6. The zero-order valence-electron chi connectivity index (χ0n) is 23.6. The first-order chi connectivity index (χ1) is 21.8. The van der Waals surface area contributed by atoms with Crippen molar-refractivity contribution in [1.82, 2.24) is 39.0 Å². The van der Waals surface area contributed by atoms with Crippen LogP contribution in [-0.4, -0.2) is 97.8 Å². The average Bonchev–Trinajstić information content (AvgIpc) is 3.80. The normalized spacial score (nSPS) is 39.7. The van der Waals surface area contributed by atoms with Gasteiger partial charge in [0.05, 0.1) is 32.5 Å². The van der Waals surface area contributed by atoms with Crippen molar-refractivity contribution in [3.8, 4) is 0 Å². The Bertz CT molecular complexity index is 2030. The van der Waals surface area contributed by atoms with Crippen LogP contribution < -0.4 is 17.0 Å². The molecule has 8 heterocycles. The van der Waals surface area contributed by atoms with E-state index in [0.717, 1.165) is 0 Å². The number of hydrogen-bond donors (Lipinski definition) is 5. The molecule has 2 unspecified atom stereocenters. The molecule has 0 amide bonds. The number of nitrogen functional groups attached to an aromatic ring is 2. The number of phosphoric acid groups is 1. The van der Waals surface area contributed by atoms with Gasteiger partial charge in [-0.05, 0) is 17.7 Å². The van der Waals surface area contributed by atoms with Gasteiger partial charge in [-0.2, -0.15) is 4.98 Å². The van der Waals surface area contributed by atoms with E-state index in [0.29, 0.717) is 11.2 Å². The lowest BCUT2D eigenvalue weighted by molar-refractivity contribution is -0.183. The molecular formula is C22H26N10O10P2S2. The maximum absolute atomic E-state index is 13.5. The van der Waals surface area contributed by atoms with Crippen molar-refractivity contribution in [2.45, 2.75) is 47.7 Å². The molecule has 46 heavy (non-hydrogen) atoms. The number of hydrogen-bond acceptors (Lipinski definition) is 17. The number of nitrogens with two attached hydrogens (primary N) is 2. The Morgan fingerprint density at radius 2 is 1.85 bits per heavy atom. The summed E-state index contributed by atoms with van der Waals surface area (Å²) in [6.07, 6.45) is 0.121. The summed E-state index contributed by atoms with van der Waals surface area (Å²) in [5, 5.41) is -1.16. The fourth-order valence-corrected chi connectivity index (χ4v) is 10.5. The summed E-state index contributed by atoms with van der Waals surface area (Å²) < 4.78 is 52.3. The van der Waals surface area contributed by atoms with Gasteiger partial charge >= 0.3 is 14.5 Å². The van der Waals surface area contributed by atoms with Crippen molar-refractivity contribution < 1.29 is 41.9 Å². The number of anilines is 2. The maximum Gasteiger partial charge on any atom is 0.472 e. The minimum Gasteiger partial charge on any atom is -0.382 e. The largest absolute Gasteiger partial charge is 0.472 e. The second-order valence-electron chi connectivity index (χ2n) is 11.2. The number of H-pyrrole nitrogens is 1. The first-order valence-electron chi connectivity index (χ1n) is 13.8. The quantitative estimate of drug-likeness (QED) is 0.173. The first-order valence-corrected chi connectivity index (χ1v) is 18.8. The number of nitrogens with zero attached hydrogens (tertiary/aromatic N) is 7. The summed E-state index contributed by atoms with van der Waals surface area (Å²) in [6.45, 7) is -3.07. The van der Waals surface area contributed by atoms with Crippen LogP contribution in [-0.2, 0) is 43.9 Å². The summed E-state index contributed by atoms with van der Waals surface area (Å²) in [5.41, 5.74) is 10.5. The summed E-state index contributed by atoms with van der Waals surface area (Å²) in [5.74, 6) is -0.397. The molecule has 4 aliphatic heterocycles. The zero-order chi connectivity index (χ0) is 32.2. The molecule has 0 radical (unpaired) electrons. The van der Waals surface area contributed by atoms with Gasteiger partial charge in [-0.1, -0.05) is 6.92 Å². The number of rotatable bonds is 2. The fourth-order valence-electron chi connectivity index (χ4n) is 6.19. The topological polar surface area (TPSA) is 272 Å². The molecular weight excluding hydrogens is 690 g/mol. The smallest absolute Gasteiger partial charge is 0.382 e. The van der Waals surface area contributed by atoms with Gasteiger partial charge < -0.3 is 39.8 Å². The van der Waals surface area contributed by atoms with Crippen molar-refractivity contribution in [2.24, 2.45) is 5.92 Å². The van der Waals surface area contributed by atoms with Crippen LogP contribution in [0.2, 0.25) is 0 Å². The Kier molecular flexibility index (Phi) is 7.15. The highest BCUT2D eigenvalue weighted by atomic mass is 32.5. The lowest BCUT2D eigenvalue weighted by Crippen LogP contribution is -2.45. The lowest BCUT2D eigenvalue weighted by Gasteiger charge is -2.33. The molecule has 4 saturated heterocycles. The summed E-state index contributed by atoms with van der Waals surface area (Å²) in [4.78, 5) is 58.1. The molecule has 20 nitrogen and oxygen atoms in total. The third-order valence-electron chi connectivity index (χ3n) is 8.44. The molecule has 246 valence electrons. The summed E-state index contributed by atoms with van der Waals surface area (Å²) in [6, 6.07) is 0. The number of aromatic nitrogens is 8. The van der Waals surface area contributed by atoms with Crippen molar-refractivity contribution in [2.75, 3.05) is 31.3 Å². The van der Waals surface area contributed by atoms with Gasteiger partial charge in [0.25, 0.3) is 5.56 Å². The molecule has 0 aromatic carbocycles. The number of fused-ring (bicyclic) bond motifs is 4. The SMILES string of the molecule is C[C@H]1[C@H]2OP(O)(=S)OC[C@@]34CO[C@@H]([C@H](n5cnc6c(N)ncnc65)O3)[C@@H]4OP(=O)(O)OC[C@H]1S[C@H]2n1cnc2c(=O)[nH]c(N)nc21. The minimum absolute atomic E-state index is 0.0388. The average molecular weight is 717 g/mol. The predicted octanol–water partition coefficient (Wildman–Crippen LogP) is 0.175. The molecule has 10 atom stereocenters. The number of thioether (sulfide) groups is 1. The van der Waals surface area contributed by atoms with Gasteiger partial charge in [0.1, 0.15) is 41.1 Å². The van der Waals surface area contributed by atoms with E-state index in [1.165, 1.54) is 35.3 Å². The number of phosphoric ester groups is 1. The van der Waals surface area contributed by atoms with Crippen molar-refractivity contribution in [3.05, 3.63) is 29.3 Å². The molecule has 8 rings (SSSR count). The van der Waals surface area contributed by atoms with Gasteiger partial charge in [-0.15, -0.1) is 11.8 Å². The number of nitrogens with one attached hydrogen (secondary N) is 1. The van der Waals surface area contributed by atoms with Crippen LogP contribution in [0.3, 0.4) is 0 Å². The molecule has 0 saturated carbocycles. The van der Waals surface area contributed by atoms with Gasteiger partial charge in [0, 0.05) is 5.25 Å². The van der Waals surface area contributed by atoms with E-state index in [2.05, 4.69) is 29.9 Å². The van der Waals surface area contributed by atoms with Gasteiger partial charge in [-0.3, -0.25) is 28.0 Å². The van der Waals surface area contributed by atoms with Crippen LogP contribution in [0, 0.1) is 5.92 Å². The van der Waals surface area contributed by atoms with Crippen LogP contribution in [0.15, 0.2) is 23.8 Å². The molecule has 0 aliphatic carbocycles. The molecule has 4 aromatic rings. The van der Waals surface area contributed by atoms with E-state index in [1.54, 1.807) is 11.5 Å². The van der Waals surface area contributed by atoms with E-state index < -0.39 is 73.4 Å². The van der Waals surface area contributed by atoms with E-state index >= 15 is 0 Å². The Hall–Kier alpha value is -2.59. The Morgan fingerprint density at radius 1 is 1.07 bits per heavy atom. The van der Waals surface area contributed by atoms with Crippen molar-refractivity contribution >= 4 is 72.2 Å². The van der Waals surface area contributed by atoms with Crippen LogP contribution in [0.1, 0.15) is 18.5 Å². The van der Waals surface area contributed by atoms with Crippen LogP contribution in [0.5, 0.6) is 0 Å². The van der Waals surface area contributed by atoms with Gasteiger partial charge in [-0.25, -0.2) is 24.5 Å². The number of ether oxygens (including phenoxy) is 2. The molecule has 7 N–H and O–H groups in total. The molecule has 4 bridgehead atoms. The highest BCUT2D eigenvalue weighted by Crippen LogP contribution is 2.60. The van der Waals surface area contributed by atoms with Crippen LogP contribution in [0.4, 0.5) is 11.8 Å². The first kappa shape index (κ1) is 30.7. The van der Waals surface area contributed by atoms with Gasteiger partial charge in [0.2, 0.25) is 5.95 Å². The minimum atomic E-state index is -4.76. The van der Waals surface area contributed by atoms with Crippen LogP contribution in [0.25, 0.3) is 22.3 Å². The van der Waals surface area contributed by atoms with Crippen LogP contribution >= 0.6 is 26.3 Å². The maximum atomic E-state index is 13.5. The Labute approximate surface area is 267 Å². The molecule has 24 heteroatoms. The van der Waals surface area contributed by atoms with E-state index in [1.807, 2.05) is 0 Å². The molecule has 4 aromatic heterocycles. The molecule has 4 aliphatic rings. The Balaban J connectivity index is 1.14. The van der Waals surface area contributed by atoms with Gasteiger partial charge in [0.15, 0.2) is 28.9 Å². The van der Waals surface area contributed by atoms with Crippen molar-refractivity contribution in [1.29, 1.82) is 0 Å². The second kappa shape index (κ2) is 10.7. The zero-order valence-corrected chi connectivity index (χ0v) is 27.0. The van der Waals surface area contributed by atoms with E-state index in [9.17, 15) is 19.1 Å². The molecule has 4 fully saturated rings. The summed E-state index contributed by atoms with van der Waals surface area (Å²) in [7, 11) is -4.76. The lowest BCUT2D eigenvalue weighted by atomic mass is 10.0.